The van der Waals surface area contributed by atoms with Crippen LogP contribution in [-0.2, 0) is 0 Å². The highest BCUT2D eigenvalue weighted by atomic mass is 19.1. The van der Waals surface area contributed by atoms with Gasteiger partial charge >= 0.3 is 0 Å². The average molecular weight is 215 g/mol. The number of methoxy groups -OCH3 is 1. The summed E-state index contributed by atoms with van der Waals surface area (Å²) in [5, 5.41) is 0. The summed E-state index contributed by atoms with van der Waals surface area (Å²) in [6.45, 7) is 1.39. The number of halogens is 2. The molecule has 0 aliphatic rings. The van der Waals surface area contributed by atoms with Crippen molar-refractivity contribution in [1.82, 2.24) is 0 Å². The number of benzene rings is 1. The quantitative estimate of drug-likeness (QED) is 0.777. The molecule has 1 unspecified atom stereocenters. The van der Waals surface area contributed by atoms with Crippen LogP contribution in [0.5, 0.6) is 5.75 Å². The summed E-state index contributed by atoms with van der Waals surface area (Å²) in [4.78, 5) is 11.5. The van der Waals surface area contributed by atoms with E-state index in [1.54, 1.807) is 0 Å². The number of ether oxygens (including phenoxy) is 1. The topological polar surface area (TPSA) is 52.3 Å². The van der Waals surface area contributed by atoms with Gasteiger partial charge in [-0.2, -0.15) is 0 Å². The Balaban J connectivity index is 3.37. The summed E-state index contributed by atoms with van der Waals surface area (Å²) in [7, 11) is 1.16. The monoisotopic (exact) mass is 215 g/mol. The van der Waals surface area contributed by atoms with E-state index < -0.39 is 34.8 Å². The van der Waals surface area contributed by atoms with Crippen LogP contribution < -0.4 is 10.5 Å². The zero-order chi connectivity index (χ0) is 11.6. The van der Waals surface area contributed by atoms with Gasteiger partial charge in [0.25, 0.3) is 0 Å². The van der Waals surface area contributed by atoms with Crippen LogP contribution in [0.15, 0.2) is 12.1 Å². The van der Waals surface area contributed by atoms with Crippen molar-refractivity contribution in [3.63, 3.8) is 0 Å². The maximum absolute atomic E-state index is 13.3. The van der Waals surface area contributed by atoms with Crippen LogP contribution in [0.25, 0.3) is 0 Å². The van der Waals surface area contributed by atoms with E-state index in [0.717, 1.165) is 19.2 Å². The summed E-state index contributed by atoms with van der Waals surface area (Å²) >= 11 is 0. The van der Waals surface area contributed by atoms with Gasteiger partial charge in [0.05, 0.1) is 18.7 Å². The smallest absolute Gasteiger partial charge is 0.186 e. The number of ketones is 1. The minimum atomic E-state index is -0.907. The summed E-state index contributed by atoms with van der Waals surface area (Å²) in [5.41, 5.74) is 4.88. The van der Waals surface area contributed by atoms with Crippen molar-refractivity contribution < 1.29 is 18.3 Å². The van der Waals surface area contributed by atoms with Gasteiger partial charge in [-0.25, -0.2) is 8.78 Å². The van der Waals surface area contributed by atoms with Crippen molar-refractivity contribution in [1.29, 1.82) is 0 Å². The van der Waals surface area contributed by atoms with E-state index in [2.05, 4.69) is 4.74 Å². The number of nitrogens with two attached hydrogens (primary N) is 1. The molecule has 0 saturated carbocycles. The maximum atomic E-state index is 13.3. The molecular weight excluding hydrogens is 204 g/mol. The summed E-state index contributed by atoms with van der Waals surface area (Å²) in [5.74, 6) is -2.72. The molecule has 3 nitrogen and oxygen atoms in total. The lowest BCUT2D eigenvalue weighted by Gasteiger charge is -2.11. The van der Waals surface area contributed by atoms with Gasteiger partial charge in [0.1, 0.15) is 5.82 Å². The molecule has 2 N–H and O–H groups in total. The molecule has 82 valence electrons. The molecule has 0 bridgehead atoms. The van der Waals surface area contributed by atoms with Crippen molar-refractivity contribution in [3.8, 4) is 5.75 Å². The first kappa shape index (κ1) is 11.6. The second-order valence-corrected chi connectivity index (χ2v) is 3.09. The Hall–Kier alpha value is -1.49. The molecule has 0 aliphatic carbocycles. The van der Waals surface area contributed by atoms with Crippen LogP contribution in [0.2, 0.25) is 0 Å². The third-order valence-electron chi connectivity index (χ3n) is 1.92. The first-order chi connectivity index (χ1) is 6.99. The predicted octanol–water partition coefficient (Wildman–Crippen LogP) is 1.50. The molecule has 1 aromatic rings. The molecule has 0 saturated heterocycles. The molecular formula is C10H11F2NO2. The minimum absolute atomic E-state index is 0.405. The molecule has 1 aromatic carbocycles. The van der Waals surface area contributed by atoms with Crippen molar-refractivity contribution in [2.24, 2.45) is 5.73 Å². The molecule has 15 heavy (non-hydrogen) atoms. The van der Waals surface area contributed by atoms with Crippen molar-refractivity contribution in [2.75, 3.05) is 7.11 Å². The van der Waals surface area contributed by atoms with E-state index in [9.17, 15) is 13.6 Å². The molecule has 0 aromatic heterocycles. The van der Waals surface area contributed by atoms with Gasteiger partial charge in [-0.15, -0.1) is 0 Å². The van der Waals surface area contributed by atoms with E-state index in [0.29, 0.717) is 0 Å². The molecule has 0 radical (unpaired) electrons. The largest absolute Gasteiger partial charge is 0.493 e. The van der Waals surface area contributed by atoms with Gasteiger partial charge in [0.2, 0.25) is 0 Å². The van der Waals surface area contributed by atoms with E-state index in [4.69, 9.17) is 5.73 Å². The highest BCUT2D eigenvalue weighted by molar-refractivity contribution is 6.02. The fourth-order valence-corrected chi connectivity index (χ4v) is 1.19. The van der Waals surface area contributed by atoms with Crippen LogP contribution in [0.4, 0.5) is 8.78 Å². The maximum Gasteiger partial charge on any atom is 0.186 e. The lowest BCUT2D eigenvalue weighted by atomic mass is 10.0. The Bertz CT molecular complexity index is 391. The van der Waals surface area contributed by atoms with Crippen molar-refractivity contribution in [2.45, 2.75) is 13.0 Å². The predicted molar refractivity (Wildman–Crippen MR) is 50.9 cm³/mol. The molecule has 0 heterocycles. The fourth-order valence-electron chi connectivity index (χ4n) is 1.19. The van der Waals surface area contributed by atoms with E-state index in [1.165, 1.54) is 6.92 Å². The number of hydrogen-bond donors (Lipinski definition) is 1. The highest BCUT2D eigenvalue weighted by Gasteiger charge is 2.23. The Morgan fingerprint density at radius 3 is 2.40 bits per heavy atom. The Labute approximate surface area is 85.8 Å². The lowest BCUT2D eigenvalue weighted by molar-refractivity contribution is 0.0959. The van der Waals surface area contributed by atoms with Crippen LogP contribution in [0, 0.1) is 11.6 Å². The zero-order valence-corrected chi connectivity index (χ0v) is 8.38. The van der Waals surface area contributed by atoms with Gasteiger partial charge in [-0.3, -0.25) is 4.79 Å². The first-order valence-electron chi connectivity index (χ1n) is 4.30. The van der Waals surface area contributed by atoms with Gasteiger partial charge in [0.15, 0.2) is 17.3 Å². The molecule has 0 spiro atoms. The van der Waals surface area contributed by atoms with Crippen molar-refractivity contribution in [3.05, 3.63) is 29.3 Å². The Kier molecular flexibility index (Phi) is 3.36. The third kappa shape index (κ3) is 2.12. The molecule has 0 fully saturated rings. The van der Waals surface area contributed by atoms with E-state index in [-0.39, 0.29) is 0 Å². The molecule has 5 heteroatoms. The summed E-state index contributed by atoms with van der Waals surface area (Å²) in [6, 6.07) is 0.856. The van der Waals surface area contributed by atoms with Gasteiger partial charge in [-0.05, 0) is 19.1 Å². The number of hydrogen-bond acceptors (Lipinski definition) is 3. The van der Waals surface area contributed by atoms with E-state index in [1.807, 2.05) is 0 Å². The Morgan fingerprint density at radius 2 is 1.93 bits per heavy atom. The SMILES string of the molecule is COc1c(F)ccc(F)c1C(=O)C(C)N. The first-order valence-corrected chi connectivity index (χ1v) is 4.30. The second kappa shape index (κ2) is 4.35. The van der Waals surface area contributed by atoms with Gasteiger partial charge < -0.3 is 10.5 Å². The van der Waals surface area contributed by atoms with Crippen LogP contribution >= 0.6 is 0 Å². The van der Waals surface area contributed by atoms with Crippen LogP contribution in [-0.4, -0.2) is 18.9 Å². The molecule has 0 amide bonds. The second-order valence-electron chi connectivity index (χ2n) is 3.09. The van der Waals surface area contributed by atoms with Gasteiger partial charge in [0, 0.05) is 0 Å². The Morgan fingerprint density at radius 1 is 1.40 bits per heavy atom. The highest BCUT2D eigenvalue weighted by Crippen LogP contribution is 2.26. The standard InChI is InChI=1S/C10H11F2NO2/c1-5(13)9(14)8-6(11)3-4-7(12)10(8)15-2/h3-5H,13H2,1-2H3. The summed E-state index contributed by atoms with van der Waals surface area (Å²) in [6.07, 6.45) is 0. The van der Waals surface area contributed by atoms with Gasteiger partial charge in [-0.1, -0.05) is 0 Å². The number of carbonyl (C=O) groups is 1. The van der Waals surface area contributed by atoms with Crippen molar-refractivity contribution >= 4 is 5.78 Å². The van der Waals surface area contributed by atoms with Crippen LogP contribution in [0.1, 0.15) is 17.3 Å². The fraction of sp³-hybridized carbons (Fsp3) is 0.300. The molecule has 1 rings (SSSR count). The zero-order valence-electron chi connectivity index (χ0n) is 8.38. The summed E-state index contributed by atoms with van der Waals surface area (Å²) < 4.78 is 31.1. The third-order valence-corrected chi connectivity index (χ3v) is 1.92. The lowest BCUT2D eigenvalue weighted by Crippen LogP contribution is -2.28. The van der Waals surface area contributed by atoms with Crippen LogP contribution in [0.3, 0.4) is 0 Å². The number of carbonyl (C=O) groups excluding carboxylic acids is 1. The number of Topliss-reactive ketones (excluding diaryl/α,β-unsaturated/α-hetero) is 1. The average Bonchev–Trinajstić information content (AvgIpc) is 2.19. The molecule has 1 atom stereocenters. The minimum Gasteiger partial charge on any atom is -0.493 e. The molecule has 0 aliphatic heterocycles. The normalized spacial score (nSPS) is 12.3. The number of rotatable bonds is 3. The van der Waals surface area contributed by atoms with E-state index >= 15 is 0 Å².